The largest absolute Gasteiger partial charge is 0.381 e. The fraction of sp³-hybridized carbons (Fsp3) is 0.529. The van der Waals surface area contributed by atoms with E-state index in [1.54, 1.807) is 6.92 Å². The molecule has 2 saturated heterocycles. The summed E-state index contributed by atoms with van der Waals surface area (Å²) < 4.78 is 7.93. The van der Waals surface area contributed by atoms with Crippen molar-refractivity contribution in [3.05, 3.63) is 70.4 Å². The number of hydrogen-bond acceptors (Lipinski definition) is 6. The van der Waals surface area contributed by atoms with Gasteiger partial charge in [-0.1, -0.05) is 6.08 Å². The standard InChI is InChI=1S/C34H42N6O2/c1-23(41)39-16-11-33-31(22-39)34(38-40(33)28-12-17-42-18-13-28)29-4-2-3-25-19-32(37-21-30(25)29)26-6-8-27(36-20-26)7-5-24-9-14-35-15-10-24/h4,6,8,19-21,24,28,35H,2-3,5,7,9-18,22H2,1H3. The number of carbonyl (C=O) groups excluding carboxylic acids is 1. The fourth-order valence-corrected chi connectivity index (χ4v) is 7.22. The first kappa shape index (κ1) is 27.5. The van der Waals surface area contributed by atoms with Crippen molar-refractivity contribution >= 4 is 11.5 Å². The summed E-state index contributed by atoms with van der Waals surface area (Å²) in [6, 6.07) is 6.96. The first-order valence-electron chi connectivity index (χ1n) is 15.9. The minimum absolute atomic E-state index is 0.126. The first-order chi connectivity index (χ1) is 20.6. The van der Waals surface area contributed by atoms with E-state index in [9.17, 15) is 4.79 Å². The third kappa shape index (κ3) is 5.54. The number of ether oxygens (including phenoxy) is 1. The van der Waals surface area contributed by atoms with E-state index >= 15 is 0 Å². The van der Waals surface area contributed by atoms with Gasteiger partial charge in [0.25, 0.3) is 0 Å². The number of allylic oxidation sites excluding steroid dienone is 1. The summed E-state index contributed by atoms with van der Waals surface area (Å²) >= 11 is 0. The van der Waals surface area contributed by atoms with E-state index in [-0.39, 0.29) is 5.91 Å². The average molecular weight is 567 g/mol. The van der Waals surface area contributed by atoms with Gasteiger partial charge in [0.2, 0.25) is 5.91 Å². The summed E-state index contributed by atoms with van der Waals surface area (Å²) in [4.78, 5) is 24.1. The Bertz CT molecular complexity index is 1460. The number of nitrogens with zero attached hydrogens (tertiary/aromatic N) is 5. The van der Waals surface area contributed by atoms with Gasteiger partial charge in [0.05, 0.1) is 17.4 Å². The van der Waals surface area contributed by atoms with Crippen LogP contribution in [0.25, 0.3) is 16.8 Å². The second kappa shape index (κ2) is 12.1. The van der Waals surface area contributed by atoms with Gasteiger partial charge in [-0.3, -0.25) is 19.4 Å². The van der Waals surface area contributed by atoms with Crippen LogP contribution < -0.4 is 5.32 Å². The van der Waals surface area contributed by atoms with Crippen molar-refractivity contribution in [3.63, 3.8) is 0 Å². The maximum atomic E-state index is 12.4. The van der Waals surface area contributed by atoms with E-state index in [1.165, 1.54) is 41.8 Å². The van der Waals surface area contributed by atoms with Crippen LogP contribution in [0.4, 0.5) is 0 Å². The van der Waals surface area contributed by atoms with Gasteiger partial charge in [-0.15, -0.1) is 0 Å². The van der Waals surface area contributed by atoms with E-state index in [4.69, 9.17) is 19.8 Å². The molecule has 220 valence electrons. The summed E-state index contributed by atoms with van der Waals surface area (Å²) in [5, 5.41) is 8.74. The summed E-state index contributed by atoms with van der Waals surface area (Å²) in [6.07, 6.45) is 15.9. The quantitative estimate of drug-likeness (QED) is 0.457. The van der Waals surface area contributed by atoms with Gasteiger partial charge in [-0.2, -0.15) is 5.10 Å². The van der Waals surface area contributed by atoms with E-state index in [0.29, 0.717) is 12.6 Å². The molecule has 8 nitrogen and oxygen atoms in total. The molecule has 0 bridgehead atoms. The lowest BCUT2D eigenvalue weighted by molar-refractivity contribution is -0.129. The molecular formula is C34H42N6O2. The van der Waals surface area contributed by atoms with E-state index in [0.717, 1.165) is 105 Å². The molecule has 0 atom stereocenters. The van der Waals surface area contributed by atoms with E-state index in [2.05, 4.69) is 34.3 Å². The highest BCUT2D eigenvalue weighted by Gasteiger charge is 2.32. The lowest BCUT2D eigenvalue weighted by Crippen LogP contribution is -2.35. The predicted molar refractivity (Wildman–Crippen MR) is 163 cm³/mol. The van der Waals surface area contributed by atoms with Gasteiger partial charge in [0, 0.05) is 85.7 Å². The van der Waals surface area contributed by atoms with Crippen LogP contribution in [0.5, 0.6) is 0 Å². The van der Waals surface area contributed by atoms with Crippen LogP contribution in [0.1, 0.15) is 85.3 Å². The highest BCUT2D eigenvalue weighted by Crippen LogP contribution is 2.38. The van der Waals surface area contributed by atoms with Crippen LogP contribution in [-0.2, 0) is 35.3 Å². The molecule has 0 unspecified atom stereocenters. The molecule has 7 rings (SSSR count). The molecule has 42 heavy (non-hydrogen) atoms. The molecule has 0 radical (unpaired) electrons. The number of fused-ring (bicyclic) bond motifs is 2. The smallest absolute Gasteiger partial charge is 0.219 e. The Morgan fingerprint density at radius 3 is 2.71 bits per heavy atom. The lowest BCUT2D eigenvalue weighted by Gasteiger charge is -2.29. The van der Waals surface area contributed by atoms with Gasteiger partial charge in [-0.25, -0.2) is 0 Å². The molecule has 2 fully saturated rings. The Hall–Kier alpha value is -3.36. The van der Waals surface area contributed by atoms with Gasteiger partial charge in [0.1, 0.15) is 0 Å². The maximum absolute atomic E-state index is 12.4. The number of nitrogens with one attached hydrogen (secondary N) is 1. The number of pyridine rings is 2. The zero-order valence-corrected chi connectivity index (χ0v) is 24.8. The molecule has 3 aromatic rings. The third-order valence-electron chi connectivity index (χ3n) is 9.75. The van der Waals surface area contributed by atoms with Crippen molar-refractivity contribution in [1.82, 2.24) is 30.0 Å². The minimum Gasteiger partial charge on any atom is -0.381 e. The SMILES string of the molecule is CC(=O)N1CCc2c(c(C3=CCCc4cc(-c5ccc(CCC6CCNCC6)nc5)ncc43)nn2C2CCOCC2)C1. The summed E-state index contributed by atoms with van der Waals surface area (Å²) in [5.74, 6) is 0.942. The molecule has 4 aliphatic rings. The Morgan fingerprint density at radius 1 is 1.07 bits per heavy atom. The number of aryl methyl sites for hydroxylation is 2. The Morgan fingerprint density at radius 2 is 1.93 bits per heavy atom. The van der Waals surface area contributed by atoms with Gasteiger partial charge in [0.15, 0.2) is 0 Å². The molecule has 0 saturated carbocycles. The molecule has 1 aliphatic carbocycles. The first-order valence-corrected chi connectivity index (χ1v) is 15.9. The number of rotatable bonds is 6. The normalized spacial score (nSPS) is 19.7. The van der Waals surface area contributed by atoms with Gasteiger partial charge >= 0.3 is 0 Å². The minimum atomic E-state index is 0.126. The van der Waals surface area contributed by atoms with E-state index < -0.39 is 0 Å². The molecule has 1 amide bonds. The van der Waals surface area contributed by atoms with Crippen LogP contribution in [0.15, 0.2) is 36.7 Å². The molecule has 3 aromatic heterocycles. The number of amides is 1. The number of carbonyl (C=O) groups is 1. The summed E-state index contributed by atoms with van der Waals surface area (Å²) in [6.45, 7) is 6.90. The highest BCUT2D eigenvalue weighted by atomic mass is 16.5. The van der Waals surface area contributed by atoms with Crippen molar-refractivity contribution in [2.24, 2.45) is 5.92 Å². The maximum Gasteiger partial charge on any atom is 0.219 e. The number of piperidine rings is 1. The molecule has 6 heterocycles. The molecular weight excluding hydrogens is 524 g/mol. The zero-order valence-electron chi connectivity index (χ0n) is 24.8. The van der Waals surface area contributed by atoms with Crippen molar-refractivity contribution in [2.75, 3.05) is 32.8 Å². The Kier molecular flexibility index (Phi) is 7.91. The number of hydrogen-bond donors (Lipinski definition) is 1. The zero-order chi connectivity index (χ0) is 28.5. The average Bonchev–Trinajstić information content (AvgIpc) is 3.43. The molecule has 1 N–H and O–H groups in total. The third-order valence-corrected chi connectivity index (χ3v) is 9.75. The van der Waals surface area contributed by atoms with Crippen LogP contribution >= 0.6 is 0 Å². The van der Waals surface area contributed by atoms with Crippen LogP contribution in [-0.4, -0.2) is 63.4 Å². The van der Waals surface area contributed by atoms with Crippen molar-refractivity contribution < 1.29 is 9.53 Å². The summed E-state index contributed by atoms with van der Waals surface area (Å²) in [5.41, 5.74) is 10.4. The Balaban J connectivity index is 1.15. The molecule has 8 heteroatoms. The lowest BCUT2D eigenvalue weighted by atomic mass is 9.87. The highest BCUT2D eigenvalue weighted by molar-refractivity contribution is 5.83. The van der Waals surface area contributed by atoms with Crippen molar-refractivity contribution in [2.45, 2.75) is 77.3 Å². The summed E-state index contributed by atoms with van der Waals surface area (Å²) in [7, 11) is 0. The van der Waals surface area contributed by atoms with Gasteiger partial charge in [-0.05, 0) is 94.1 Å². The molecule has 0 spiro atoms. The number of aromatic nitrogens is 4. The topological polar surface area (TPSA) is 85.2 Å². The fourth-order valence-electron chi connectivity index (χ4n) is 7.22. The van der Waals surface area contributed by atoms with Gasteiger partial charge < -0.3 is 15.0 Å². The molecule has 0 aromatic carbocycles. The monoisotopic (exact) mass is 566 g/mol. The van der Waals surface area contributed by atoms with Crippen molar-refractivity contribution in [3.8, 4) is 11.3 Å². The molecule has 3 aliphatic heterocycles. The van der Waals surface area contributed by atoms with Crippen LogP contribution in [0.3, 0.4) is 0 Å². The Labute approximate surface area is 248 Å². The second-order valence-electron chi connectivity index (χ2n) is 12.4. The predicted octanol–water partition coefficient (Wildman–Crippen LogP) is 4.91. The van der Waals surface area contributed by atoms with Crippen LogP contribution in [0, 0.1) is 5.92 Å². The van der Waals surface area contributed by atoms with Crippen LogP contribution in [0.2, 0.25) is 0 Å². The second-order valence-corrected chi connectivity index (χ2v) is 12.4. The van der Waals surface area contributed by atoms with Crippen molar-refractivity contribution in [1.29, 1.82) is 0 Å². The van der Waals surface area contributed by atoms with E-state index in [1.807, 2.05) is 17.3 Å².